The fourth-order valence-electron chi connectivity index (χ4n) is 3.40. The largest absolute Gasteiger partial charge is 0.481 e. The molecule has 0 spiro atoms. The first kappa shape index (κ1) is 23.2. The summed E-state index contributed by atoms with van der Waals surface area (Å²) in [7, 11) is 0. The second-order valence-electron chi connectivity index (χ2n) is 7.54. The minimum Gasteiger partial charge on any atom is -0.481 e. The Bertz CT molecular complexity index is 1410. The summed E-state index contributed by atoms with van der Waals surface area (Å²) in [6.07, 6.45) is -0.815. The molecule has 0 bridgehead atoms. The van der Waals surface area contributed by atoms with E-state index in [9.17, 15) is 14.4 Å². The lowest BCUT2D eigenvalue weighted by molar-refractivity contribution is -0.122. The number of benzene rings is 2. The predicted molar refractivity (Wildman–Crippen MR) is 131 cm³/mol. The van der Waals surface area contributed by atoms with Crippen molar-refractivity contribution in [3.05, 3.63) is 81.6 Å². The van der Waals surface area contributed by atoms with E-state index in [2.05, 4.69) is 10.4 Å². The molecular weight excluding hydrogens is 454 g/mol. The summed E-state index contributed by atoms with van der Waals surface area (Å²) in [5, 5.41) is 9.52. The zero-order chi connectivity index (χ0) is 24.2. The van der Waals surface area contributed by atoms with Crippen LogP contribution < -0.4 is 15.6 Å². The number of rotatable bonds is 7. The van der Waals surface area contributed by atoms with Crippen molar-refractivity contribution in [2.75, 3.05) is 11.9 Å². The Kier molecular flexibility index (Phi) is 6.74. The number of hydrogen-bond donors (Lipinski definition) is 1. The molecule has 2 aromatic heterocycles. The van der Waals surface area contributed by atoms with Gasteiger partial charge in [-0.05, 0) is 50.6 Å². The number of thiophene rings is 1. The normalized spacial score (nSPS) is 11.7. The number of nitrogens with one attached hydrogen (secondary N) is 1. The van der Waals surface area contributed by atoms with Gasteiger partial charge >= 0.3 is 5.97 Å². The lowest BCUT2D eigenvalue weighted by Gasteiger charge is -2.14. The third kappa shape index (κ3) is 4.69. The summed E-state index contributed by atoms with van der Waals surface area (Å²) in [6, 6.07) is 16.2. The fraction of sp³-hybridized carbons (Fsp3) is 0.200. The molecule has 1 unspecified atom stereocenters. The van der Waals surface area contributed by atoms with E-state index in [1.54, 1.807) is 49.6 Å². The number of aromatic nitrogens is 2. The zero-order valence-corrected chi connectivity index (χ0v) is 19.7. The lowest BCUT2D eigenvalue weighted by atomic mass is 10.2. The van der Waals surface area contributed by atoms with Crippen molar-refractivity contribution in [3.8, 4) is 11.4 Å². The van der Waals surface area contributed by atoms with Crippen molar-refractivity contribution in [2.24, 2.45) is 0 Å². The van der Waals surface area contributed by atoms with Crippen LogP contribution in [0.3, 0.4) is 0 Å². The third-order valence-corrected chi connectivity index (χ3v) is 5.92. The first-order valence-corrected chi connectivity index (χ1v) is 11.6. The summed E-state index contributed by atoms with van der Waals surface area (Å²) >= 11 is 1.14. The summed E-state index contributed by atoms with van der Waals surface area (Å²) in [4.78, 5) is 39.0. The molecule has 0 radical (unpaired) electrons. The SMILES string of the molecule is CCOC(=O)c1nn(-c2cccc(C)c2)c(=O)c2c(NC(=O)C(C)Oc3ccccc3)scc12. The number of esters is 1. The monoisotopic (exact) mass is 477 g/mol. The van der Waals surface area contributed by atoms with Gasteiger partial charge in [0.1, 0.15) is 10.8 Å². The van der Waals surface area contributed by atoms with Crippen LogP contribution in [0.2, 0.25) is 0 Å². The zero-order valence-electron chi connectivity index (χ0n) is 18.9. The second kappa shape index (κ2) is 9.88. The minimum absolute atomic E-state index is 0.00305. The molecule has 2 heterocycles. The molecule has 174 valence electrons. The van der Waals surface area contributed by atoms with Crippen molar-refractivity contribution < 1.29 is 19.1 Å². The Hall–Kier alpha value is -3.98. The van der Waals surface area contributed by atoms with E-state index in [1.165, 1.54) is 0 Å². The number of carbonyl (C=O) groups is 2. The van der Waals surface area contributed by atoms with E-state index in [4.69, 9.17) is 9.47 Å². The molecule has 0 aliphatic heterocycles. The fourth-order valence-corrected chi connectivity index (χ4v) is 4.34. The van der Waals surface area contributed by atoms with Crippen LogP contribution in [0.4, 0.5) is 5.00 Å². The Labute approximate surface area is 199 Å². The highest BCUT2D eigenvalue weighted by Gasteiger charge is 2.24. The maximum absolute atomic E-state index is 13.5. The highest BCUT2D eigenvalue weighted by atomic mass is 32.1. The molecule has 9 heteroatoms. The van der Waals surface area contributed by atoms with E-state index in [1.807, 2.05) is 31.2 Å². The highest BCUT2D eigenvalue weighted by molar-refractivity contribution is 7.16. The summed E-state index contributed by atoms with van der Waals surface area (Å²) in [6.45, 7) is 5.37. The molecule has 0 aliphatic rings. The van der Waals surface area contributed by atoms with Gasteiger partial charge in [-0.15, -0.1) is 11.3 Å². The third-order valence-electron chi connectivity index (χ3n) is 5.03. The molecule has 1 N–H and O–H groups in total. The molecule has 2 aromatic carbocycles. The van der Waals surface area contributed by atoms with Crippen LogP contribution in [0.5, 0.6) is 5.75 Å². The van der Waals surface area contributed by atoms with Gasteiger partial charge in [0.15, 0.2) is 11.8 Å². The van der Waals surface area contributed by atoms with E-state index in [0.717, 1.165) is 21.6 Å². The Morgan fingerprint density at radius 2 is 1.91 bits per heavy atom. The molecule has 1 amide bonds. The van der Waals surface area contributed by atoms with Crippen molar-refractivity contribution in [2.45, 2.75) is 26.9 Å². The van der Waals surface area contributed by atoms with Crippen LogP contribution in [-0.2, 0) is 9.53 Å². The van der Waals surface area contributed by atoms with E-state index < -0.39 is 23.5 Å². The lowest BCUT2D eigenvalue weighted by Crippen LogP contribution is -2.31. The number of amides is 1. The van der Waals surface area contributed by atoms with Crippen LogP contribution in [0.25, 0.3) is 16.5 Å². The summed E-state index contributed by atoms with van der Waals surface area (Å²) < 4.78 is 12.0. The number of nitrogens with zero attached hydrogens (tertiary/aromatic N) is 2. The summed E-state index contributed by atoms with van der Waals surface area (Å²) in [5.74, 6) is -0.522. The van der Waals surface area contributed by atoms with Gasteiger partial charge in [-0.1, -0.05) is 30.3 Å². The summed E-state index contributed by atoms with van der Waals surface area (Å²) in [5.41, 5.74) is 0.974. The topological polar surface area (TPSA) is 99.5 Å². The molecular formula is C25H23N3O5S. The van der Waals surface area contributed by atoms with Gasteiger partial charge in [0.2, 0.25) is 0 Å². The van der Waals surface area contributed by atoms with Gasteiger partial charge in [0.25, 0.3) is 11.5 Å². The quantitative estimate of drug-likeness (QED) is 0.398. The van der Waals surface area contributed by atoms with E-state index in [-0.39, 0.29) is 17.7 Å². The molecule has 0 saturated heterocycles. The molecule has 0 fully saturated rings. The van der Waals surface area contributed by atoms with Gasteiger partial charge in [-0.25, -0.2) is 4.79 Å². The molecule has 4 aromatic rings. The van der Waals surface area contributed by atoms with Gasteiger partial charge in [-0.3, -0.25) is 9.59 Å². The van der Waals surface area contributed by atoms with Crippen molar-refractivity contribution in [1.29, 1.82) is 0 Å². The average Bonchev–Trinajstić information content (AvgIpc) is 3.24. The van der Waals surface area contributed by atoms with Gasteiger partial charge in [-0.2, -0.15) is 9.78 Å². The molecule has 0 saturated carbocycles. The molecule has 4 rings (SSSR count). The van der Waals surface area contributed by atoms with Crippen molar-refractivity contribution in [3.63, 3.8) is 0 Å². The maximum atomic E-state index is 13.5. The number of anilines is 1. The Morgan fingerprint density at radius 3 is 2.62 bits per heavy atom. The number of ether oxygens (including phenoxy) is 2. The van der Waals surface area contributed by atoms with Crippen LogP contribution >= 0.6 is 11.3 Å². The molecule has 34 heavy (non-hydrogen) atoms. The minimum atomic E-state index is -0.815. The molecule has 1 atom stereocenters. The number of para-hydroxylation sites is 1. The van der Waals surface area contributed by atoms with Crippen LogP contribution in [-0.4, -0.2) is 34.4 Å². The van der Waals surface area contributed by atoms with Gasteiger partial charge < -0.3 is 14.8 Å². The van der Waals surface area contributed by atoms with Gasteiger partial charge in [0, 0.05) is 10.8 Å². The highest BCUT2D eigenvalue weighted by Crippen LogP contribution is 2.31. The first-order chi connectivity index (χ1) is 16.4. The molecule has 0 aliphatic carbocycles. The van der Waals surface area contributed by atoms with Crippen molar-refractivity contribution >= 4 is 39.0 Å². The number of aryl methyl sites for hydroxylation is 1. The molecule has 8 nitrogen and oxygen atoms in total. The predicted octanol–water partition coefficient (Wildman–Crippen LogP) is 4.34. The average molecular weight is 478 g/mol. The maximum Gasteiger partial charge on any atom is 0.359 e. The van der Waals surface area contributed by atoms with Gasteiger partial charge in [0.05, 0.1) is 17.7 Å². The van der Waals surface area contributed by atoms with Crippen LogP contribution in [0.15, 0.2) is 64.8 Å². The first-order valence-electron chi connectivity index (χ1n) is 10.7. The Morgan fingerprint density at radius 1 is 1.15 bits per heavy atom. The standard InChI is InChI=1S/C25H23N3O5S/c1-4-32-25(31)21-19-14-34-23(26-22(29)16(3)33-18-11-6-5-7-12-18)20(19)24(30)28(27-21)17-10-8-9-15(2)13-17/h5-14,16H,4H2,1-3H3,(H,26,29). The number of fused-ring (bicyclic) bond motifs is 1. The second-order valence-corrected chi connectivity index (χ2v) is 8.42. The van der Waals surface area contributed by atoms with Crippen LogP contribution in [0, 0.1) is 6.92 Å². The van der Waals surface area contributed by atoms with Crippen molar-refractivity contribution in [1.82, 2.24) is 9.78 Å². The van der Waals surface area contributed by atoms with Crippen LogP contribution in [0.1, 0.15) is 29.9 Å². The van der Waals surface area contributed by atoms with E-state index in [0.29, 0.717) is 21.8 Å². The smallest absolute Gasteiger partial charge is 0.359 e. The van der Waals surface area contributed by atoms with E-state index >= 15 is 0 Å². The number of carbonyl (C=O) groups excluding carboxylic acids is 2. The Balaban J connectivity index is 1.77. The number of hydrogen-bond acceptors (Lipinski definition) is 7.